The number of aromatic nitrogens is 1. The molecule has 7 heteroatoms. The molecule has 0 saturated carbocycles. The number of rotatable bonds is 3. The fourth-order valence-electron chi connectivity index (χ4n) is 1.81. The van der Waals surface area contributed by atoms with E-state index in [0.717, 1.165) is 5.69 Å². The Morgan fingerprint density at radius 1 is 1.56 bits per heavy atom. The van der Waals surface area contributed by atoms with Crippen LogP contribution in [-0.4, -0.2) is 36.9 Å². The number of carbonyl (C=O) groups is 1. The van der Waals surface area contributed by atoms with Crippen molar-refractivity contribution < 1.29 is 13.2 Å². The summed E-state index contributed by atoms with van der Waals surface area (Å²) in [6, 6.07) is -0.270. The minimum absolute atomic E-state index is 0.0428. The Bertz CT molecular complexity index is 548. The van der Waals surface area contributed by atoms with Crippen molar-refractivity contribution in [2.24, 2.45) is 0 Å². The van der Waals surface area contributed by atoms with Crippen molar-refractivity contribution in [3.63, 3.8) is 0 Å². The van der Waals surface area contributed by atoms with Gasteiger partial charge in [0.05, 0.1) is 17.2 Å². The fourth-order valence-corrected chi connectivity index (χ4v) is 4.37. The van der Waals surface area contributed by atoms with Crippen LogP contribution in [-0.2, 0) is 9.84 Å². The number of amides is 1. The highest BCUT2D eigenvalue weighted by molar-refractivity contribution is 7.91. The first-order chi connectivity index (χ1) is 8.37. The topological polar surface area (TPSA) is 76.1 Å². The summed E-state index contributed by atoms with van der Waals surface area (Å²) in [7, 11) is -2.96. The summed E-state index contributed by atoms with van der Waals surface area (Å²) in [6.45, 7) is 4.03. The van der Waals surface area contributed by atoms with Gasteiger partial charge >= 0.3 is 0 Å². The lowest BCUT2D eigenvalue weighted by molar-refractivity contribution is 0.0940. The Balaban J connectivity index is 2.00. The van der Waals surface area contributed by atoms with Crippen LogP contribution in [0.3, 0.4) is 0 Å². The Morgan fingerprint density at radius 2 is 2.28 bits per heavy atom. The molecule has 1 aromatic rings. The SMILES string of the molecule is CC(C)c1csc(C(=O)N[C@H]2CCS(=O)(=O)C2)n1. The summed E-state index contributed by atoms with van der Waals surface area (Å²) in [5, 5.41) is 5.00. The van der Waals surface area contributed by atoms with Crippen molar-refractivity contribution >= 4 is 27.1 Å². The lowest BCUT2D eigenvalue weighted by atomic mass is 10.2. The van der Waals surface area contributed by atoms with Crippen molar-refractivity contribution in [1.82, 2.24) is 10.3 Å². The van der Waals surface area contributed by atoms with Crippen LogP contribution >= 0.6 is 11.3 Å². The van der Waals surface area contributed by atoms with E-state index >= 15 is 0 Å². The van der Waals surface area contributed by atoms with Crippen LogP contribution in [0.25, 0.3) is 0 Å². The Kier molecular flexibility index (Phi) is 3.72. The molecule has 0 bridgehead atoms. The van der Waals surface area contributed by atoms with E-state index in [1.165, 1.54) is 11.3 Å². The van der Waals surface area contributed by atoms with Crippen LogP contribution in [0.15, 0.2) is 5.38 Å². The van der Waals surface area contributed by atoms with Crippen LogP contribution in [0.4, 0.5) is 0 Å². The van der Waals surface area contributed by atoms with Crippen molar-refractivity contribution in [2.75, 3.05) is 11.5 Å². The third kappa shape index (κ3) is 3.08. The normalized spacial score (nSPS) is 22.3. The maximum atomic E-state index is 11.9. The van der Waals surface area contributed by atoms with Gasteiger partial charge in [-0.3, -0.25) is 4.79 Å². The molecule has 2 heterocycles. The number of nitrogens with one attached hydrogen (secondary N) is 1. The van der Waals surface area contributed by atoms with Crippen molar-refractivity contribution in [3.05, 3.63) is 16.1 Å². The second kappa shape index (κ2) is 4.97. The van der Waals surface area contributed by atoms with E-state index in [1.807, 2.05) is 19.2 Å². The van der Waals surface area contributed by atoms with E-state index in [2.05, 4.69) is 10.3 Å². The molecule has 0 spiro atoms. The molecule has 1 fully saturated rings. The van der Waals surface area contributed by atoms with Crippen molar-refractivity contribution in [2.45, 2.75) is 32.2 Å². The first kappa shape index (κ1) is 13.5. The molecule has 0 radical (unpaired) electrons. The first-order valence-corrected chi connectivity index (χ1v) is 8.54. The van der Waals surface area contributed by atoms with Gasteiger partial charge in [-0.2, -0.15) is 0 Å². The summed E-state index contributed by atoms with van der Waals surface area (Å²) < 4.78 is 22.6. The van der Waals surface area contributed by atoms with Gasteiger partial charge in [0.25, 0.3) is 5.91 Å². The van der Waals surface area contributed by atoms with E-state index in [0.29, 0.717) is 11.4 Å². The van der Waals surface area contributed by atoms with Crippen LogP contribution < -0.4 is 5.32 Å². The zero-order valence-electron chi connectivity index (χ0n) is 10.3. The standard InChI is InChI=1S/C11H16N2O3S2/c1-7(2)9-5-17-11(13-9)10(14)12-8-3-4-18(15,16)6-8/h5,7-8H,3-4,6H2,1-2H3,(H,12,14)/t8-/m0/s1. The molecule has 100 valence electrons. The lowest BCUT2D eigenvalue weighted by Crippen LogP contribution is -2.35. The van der Waals surface area contributed by atoms with Gasteiger partial charge in [0.2, 0.25) is 0 Å². The zero-order valence-corrected chi connectivity index (χ0v) is 12.0. The summed E-state index contributed by atoms with van der Waals surface area (Å²) >= 11 is 1.30. The van der Waals surface area contributed by atoms with Gasteiger partial charge in [0.1, 0.15) is 0 Å². The molecule has 1 amide bonds. The smallest absolute Gasteiger partial charge is 0.280 e. The summed E-state index contributed by atoms with van der Waals surface area (Å²) in [4.78, 5) is 16.1. The van der Waals surface area contributed by atoms with Gasteiger partial charge in [0, 0.05) is 11.4 Å². The monoisotopic (exact) mass is 288 g/mol. The number of sulfone groups is 1. The molecule has 2 rings (SSSR count). The molecule has 1 aliphatic heterocycles. The third-order valence-corrected chi connectivity index (χ3v) is 5.50. The Hall–Kier alpha value is -0.950. The molecule has 0 aliphatic carbocycles. The maximum absolute atomic E-state index is 11.9. The van der Waals surface area contributed by atoms with Crippen molar-refractivity contribution in [1.29, 1.82) is 0 Å². The molecule has 1 N–H and O–H groups in total. The molecular weight excluding hydrogens is 272 g/mol. The molecule has 1 atom stereocenters. The molecule has 1 saturated heterocycles. The highest BCUT2D eigenvalue weighted by Crippen LogP contribution is 2.18. The molecule has 0 aromatic carbocycles. The van der Waals surface area contributed by atoms with Crippen LogP contribution in [0.1, 0.15) is 41.7 Å². The molecule has 0 unspecified atom stereocenters. The molecule has 5 nitrogen and oxygen atoms in total. The van der Waals surface area contributed by atoms with Crippen LogP contribution in [0, 0.1) is 0 Å². The van der Waals surface area contributed by atoms with E-state index in [1.54, 1.807) is 0 Å². The summed E-state index contributed by atoms with van der Waals surface area (Å²) in [5.74, 6) is 0.220. The summed E-state index contributed by atoms with van der Waals surface area (Å²) in [6.07, 6.45) is 0.497. The van der Waals surface area contributed by atoms with Gasteiger partial charge in [-0.05, 0) is 12.3 Å². The highest BCUT2D eigenvalue weighted by Gasteiger charge is 2.29. The predicted molar refractivity (Wildman–Crippen MR) is 70.7 cm³/mol. The minimum atomic E-state index is -2.96. The number of nitrogens with zero attached hydrogens (tertiary/aromatic N) is 1. The van der Waals surface area contributed by atoms with Gasteiger partial charge in [-0.15, -0.1) is 11.3 Å². The highest BCUT2D eigenvalue weighted by atomic mass is 32.2. The number of thiazole rings is 1. The molecule has 1 aromatic heterocycles. The van der Waals surface area contributed by atoms with Gasteiger partial charge in [0.15, 0.2) is 14.8 Å². The Morgan fingerprint density at radius 3 is 2.78 bits per heavy atom. The average Bonchev–Trinajstić information content (AvgIpc) is 2.85. The lowest BCUT2D eigenvalue weighted by Gasteiger charge is -2.08. The maximum Gasteiger partial charge on any atom is 0.280 e. The van der Waals surface area contributed by atoms with E-state index < -0.39 is 9.84 Å². The van der Waals surface area contributed by atoms with Crippen molar-refractivity contribution in [3.8, 4) is 0 Å². The first-order valence-electron chi connectivity index (χ1n) is 5.84. The third-order valence-electron chi connectivity index (χ3n) is 2.88. The summed E-state index contributed by atoms with van der Waals surface area (Å²) in [5.41, 5.74) is 0.893. The number of carbonyl (C=O) groups excluding carboxylic acids is 1. The predicted octanol–water partition coefficient (Wildman–Crippen LogP) is 1.18. The fraction of sp³-hybridized carbons (Fsp3) is 0.636. The van der Waals surface area contributed by atoms with Gasteiger partial charge in [-0.1, -0.05) is 13.8 Å². The van der Waals surface area contributed by atoms with Gasteiger partial charge in [-0.25, -0.2) is 13.4 Å². The van der Waals surface area contributed by atoms with Crippen LogP contribution in [0.2, 0.25) is 0 Å². The van der Waals surface area contributed by atoms with Crippen LogP contribution in [0.5, 0.6) is 0 Å². The van der Waals surface area contributed by atoms with E-state index in [-0.39, 0.29) is 29.4 Å². The molecule has 18 heavy (non-hydrogen) atoms. The zero-order chi connectivity index (χ0) is 13.3. The average molecular weight is 288 g/mol. The van der Waals surface area contributed by atoms with E-state index in [4.69, 9.17) is 0 Å². The quantitative estimate of drug-likeness (QED) is 0.906. The largest absolute Gasteiger partial charge is 0.346 e. The van der Waals surface area contributed by atoms with E-state index in [9.17, 15) is 13.2 Å². The minimum Gasteiger partial charge on any atom is -0.346 e. The second-order valence-corrected chi connectivity index (χ2v) is 7.89. The molecular formula is C11H16N2O3S2. The Labute approximate surface area is 111 Å². The van der Waals surface area contributed by atoms with Gasteiger partial charge < -0.3 is 5.32 Å². The number of hydrogen-bond acceptors (Lipinski definition) is 5. The number of hydrogen-bond donors (Lipinski definition) is 1. The molecule has 1 aliphatic rings. The second-order valence-electron chi connectivity index (χ2n) is 4.81.